The van der Waals surface area contributed by atoms with E-state index in [0.717, 1.165) is 18.3 Å². The molecule has 1 aromatic rings. The fourth-order valence-electron chi connectivity index (χ4n) is 3.59. The van der Waals surface area contributed by atoms with E-state index >= 15 is 0 Å². The minimum Gasteiger partial charge on any atom is -0.377 e. The molecule has 0 N–H and O–H groups in total. The lowest BCUT2D eigenvalue weighted by molar-refractivity contribution is 0.119. The van der Waals surface area contributed by atoms with Crippen LogP contribution in [0.1, 0.15) is 75.0 Å². The van der Waals surface area contributed by atoms with Gasteiger partial charge in [-0.1, -0.05) is 36.4 Å². The van der Waals surface area contributed by atoms with Gasteiger partial charge >= 0.3 is 0 Å². The zero-order valence-corrected chi connectivity index (χ0v) is 14.6. The number of halogens is 1. The summed E-state index contributed by atoms with van der Waals surface area (Å²) in [5, 5.41) is 0. The van der Waals surface area contributed by atoms with Crippen LogP contribution in [0.5, 0.6) is 0 Å². The molecule has 0 radical (unpaired) electrons. The van der Waals surface area contributed by atoms with Crippen molar-refractivity contribution in [3.05, 3.63) is 47.5 Å². The molecule has 0 spiro atoms. The lowest BCUT2D eigenvalue weighted by Gasteiger charge is -2.29. The summed E-state index contributed by atoms with van der Waals surface area (Å²) < 4.78 is 17.4. The van der Waals surface area contributed by atoms with Crippen molar-refractivity contribution < 1.29 is 9.13 Å². The van der Waals surface area contributed by atoms with Crippen molar-refractivity contribution in [2.75, 3.05) is 13.8 Å². The first-order valence-electron chi connectivity index (χ1n) is 9.08. The maximum absolute atomic E-state index is 12.0. The second kappa shape index (κ2) is 9.87. The third-order valence-electron chi connectivity index (χ3n) is 5.26. The molecule has 23 heavy (non-hydrogen) atoms. The van der Waals surface area contributed by atoms with Crippen LogP contribution in [0, 0.1) is 5.92 Å². The number of methoxy groups -OCH3 is 1. The molecule has 1 saturated carbocycles. The van der Waals surface area contributed by atoms with E-state index in [1.54, 1.807) is 7.11 Å². The van der Waals surface area contributed by atoms with Crippen LogP contribution < -0.4 is 0 Å². The second-order valence-electron chi connectivity index (χ2n) is 6.79. The number of benzene rings is 1. The maximum Gasteiger partial charge on any atom is 0.0928 e. The summed E-state index contributed by atoms with van der Waals surface area (Å²) in [5.74, 6) is 1.58. The van der Waals surface area contributed by atoms with Crippen LogP contribution in [-0.2, 0) is 4.74 Å². The van der Waals surface area contributed by atoms with Crippen LogP contribution in [-0.4, -0.2) is 13.8 Å². The Morgan fingerprint density at radius 3 is 2.35 bits per heavy atom. The van der Waals surface area contributed by atoms with Crippen molar-refractivity contribution in [1.82, 2.24) is 0 Å². The van der Waals surface area contributed by atoms with Gasteiger partial charge in [0, 0.05) is 7.11 Å². The van der Waals surface area contributed by atoms with Gasteiger partial charge in [0.25, 0.3) is 0 Å². The second-order valence-corrected chi connectivity index (χ2v) is 6.79. The van der Waals surface area contributed by atoms with Gasteiger partial charge in [0.2, 0.25) is 0 Å². The molecule has 0 aromatic heterocycles. The predicted octanol–water partition coefficient (Wildman–Crippen LogP) is 6.36. The molecule has 1 aliphatic carbocycles. The van der Waals surface area contributed by atoms with Crippen molar-refractivity contribution in [3.63, 3.8) is 0 Å². The zero-order chi connectivity index (χ0) is 16.5. The molecule has 1 aromatic carbocycles. The summed E-state index contributed by atoms with van der Waals surface area (Å²) in [4.78, 5) is 0. The molecule has 1 atom stereocenters. The number of rotatable bonds is 8. The molecule has 1 fully saturated rings. The van der Waals surface area contributed by atoms with Gasteiger partial charge in [0.1, 0.15) is 0 Å². The van der Waals surface area contributed by atoms with Crippen molar-refractivity contribution >= 4 is 0 Å². The van der Waals surface area contributed by atoms with E-state index < -0.39 is 0 Å². The summed E-state index contributed by atoms with van der Waals surface area (Å²) in [6, 6.07) is 9.00. The molecular weight excluding hydrogens is 287 g/mol. The molecular formula is C21H31FO. The summed E-state index contributed by atoms with van der Waals surface area (Å²) in [5.41, 5.74) is 2.74. The Morgan fingerprint density at radius 2 is 1.74 bits per heavy atom. The van der Waals surface area contributed by atoms with E-state index in [9.17, 15) is 4.39 Å². The Kier molecular flexibility index (Phi) is 7.81. The molecule has 0 heterocycles. The van der Waals surface area contributed by atoms with Gasteiger partial charge < -0.3 is 4.74 Å². The number of alkyl halides is 1. The lowest BCUT2D eigenvalue weighted by Crippen LogP contribution is -2.13. The number of allylic oxidation sites excluding steroid dienone is 2. The van der Waals surface area contributed by atoms with Gasteiger partial charge in [-0.25, -0.2) is 0 Å². The fraction of sp³-hybridized carbons (Fsp3) is 0.619. The Morgan fingerprint density at radius 1 is 1.09 bits per heavy atom. The van der Waals surface area contributed by atoms with Crippen LogP contribution in [0.15, 0.2) is 36.4 Å². The quantitative estimate of drug-likeness (QED) is 0.506. The highest BCUT2D eigenvalue weighted by atomic mass is 19.1. The van der Waals surface area contributed by atoms with Crippen molar-refractivity contribution in [2.24, 2.45) is 5.92 Å². The van der Waals surface area contributed by atoms with E-state index in [0.29, 0.717) is 6.42 Å². The molecule has 1 nitrogen and oxygen atoms in total. The zero-order valence-electron chi connectivity index (χ0n) is 14.6. The van der Waals surface area contributed by atoms with Crippen LogP contribution in [0.3, 0.4) is 0 Å². The maximum atomic E-state index is 12.0. The van der Waals surface area contributed by atoms with Gasteiger partial charge in [-0.15, -0.1) is 0 Å². The highest BCUT2D eigenvalue weighted by Crippen LogP contribution is 2.37. The minimum atomic E-state index is -0.233. The van der Waals surface area contributed by atoms with E-state index in [2.05, 4.69) is 37.3 Å². The Balaban J connectivity index is 1.75. The average Bonchev–Trinajstić information content (AvgIpc) is 2.61. The Bertz CT molecular complexity index is 457. The van der Waals surface area contributed by atoms with E-state index in [-0.39, 0.29) is 12.8 Å². The van der Waals surface area contributed by atoms with E-state index in [1.165, 1.54) is 43.2 Å². The molecule has 1 aliphatic rings. The first-order chi connectivity index (χ1) is 11.2. The smallest absolute Gasteiger partial charge is 0.0928 e. The summed E-state index contributed by atoms with van der Waals surface area (Å²) in [6.45, 7) is 1.85. The molecule has 0 saturated heterocycles. The fourth-order valence-corrected chi connectivity index (χ4v) is 3.59. The first kappa shape index (κ1) is 18.2. The Labute approximate surface area is 140 Å². The highest BCUT2D eigenvalue weighted by molar-refractivity contribution is 5.27. The standard InChI is InChI=1S/C21H31FO/c1-17(23-2)19-12-14-21(15-13-19)20-10-8-18(9-11-20)7-5-3-4-6-16-22/h3-4,12-15,17-18,20H,5-11,16H2,1-2H3/b4-3+/t17?,18-,20-. The minimum absolute atomic E-state index is 0.172. The molecule has 1 unspecified atom stereocenters. The third-order valence-corrected chi connectivity index (χ3v) is 5.26. The van der Waals surface area contributed by atoms with Crippen LogP contribution in [0.4, 0.5) is 4.39 Å². The van der Waals surface area contributed by atoms with Crippen molar-refractivity contribution in [3.8, 4) is 0 Å². The van der Waals surface area contributed by atoms with Gasteiger partial charge in [-0.05, 0) is 74.8 Å². The highest BCUT2D eigenvalue weighted by Gasteiger charge is 2.21. The number of ether oxygens (including phenoxy) is 1. The molecule has 2 heteroatoms. The number of hydrogen-bond donors (Lipinski definition) is 0. The normalized spacial score (nSPS) is 23.3. The molecule has 2 rings (SSSR count). The van der Waals surface area contributed by atoms with Crippen molar-refractivity contribution in [2.45, 2.75) is 63.9 Å². The topological polar surface area (TPSA) is 9.23 Å². The predicted molar refractivity (Wildman–Crippen MR) is 95.5 cm³/mol. The molecule has 128 valence electrons. The SMILES string of the molecule is COC(C)c1ccc([C@H]2CC[C@H](CC/C=C/CCF)CC2)cc1. The van der Waals surface area contributed by atoms with Crippen LogP contribution in [0.25, 0.3) is 0 Å². The summed E-state index contributed by atoms with van der Waals surface area (Å²) >= 11 is 0. The monoisotopic (exact) mass is 318 g/mol. The van der Waals surface area contributed by atoms with Gasteiger partial charge in [0.05, 0.1) is 12.8 Å². The average molecular weight is 318 g/mol. The summed E-state index contributed by atoms with van der Waals surface area (Å²) in [7, 11) is 1.76. The van der Waals surface area contributed by atoms with Gasteiger partial charge in [-0.3, -0.25) is 4.39 Å². The van der Waals surface area contributed by atoms with E-state index in [1.807, 2.05) is 6.08 Å². The van der Waals surface area contributed by atoms with Gasteiger partial charge in [0.15, 0.2) is 0 Å². The largest absolute Gasteiger partial charge is 0.377 e. The van der Waals surface area contributed by atoms with Crippen LogP contribution in [0.2, 0.25) is 0 Å². The first-order valence-corrected chi connectivity index (χ1v) is 9.08. The third kappa shape index (κ3) is 5.76. The lowest BCUT2D eigenvalue weighted by atomic mass is 9.77. The molecule has 0 amide bonds. The van der Waals surface area contributed by atoms with Crippen molar-refractivity contribution in [1.29, 1.82) is 0 Å². The number of hydrogen-bond acceptors (Lipinski definition) is 1. The molecule has 0 bridgehead atoms. The van der Waals surface area contributed by atoms with Crippen LogP contribution >= 0.6 is 0 Å². The summed E-state index contributed by atoms with van der Waals surface area (Å²) in [6.07, 6.45) is 12.5. The van der Waals surface area contributed by atoms with E-state index in [4.69, 9.17) is 4.74 Å². The molecule has 0 aliphatic heterocycles. The van der Waals surface area contributed by atoms with Gasteiger partial charge in [-0.2, -0.15) is 0 Å². The Hall–Kier alpha value is -1.15.